The van der Waals surface area contributed by atoms with Crippen LogP contribution in [0.3, 0.4) is 0 Å². The van der Waals surface area contributed by atoms with E-state index in [4.69, 9.17) is 16.0 Å². The molecular formula is C22H14ClFN2O5S. The van der Waals surface area contributed by atoms with E-state index in [1.54, 1.807) is 25.1 Å². The van der Waals surface area contributed by atoms with Crippen molar-refractivity contribution in [2.45, 2.75) is 13.5 Å². The number of hydrogen-bond donors (Lipinski definition) is 0. The molecule has 1 aliphatic rings. The van der Waals surface area contributed by atoms with E-state index in [-0.39, 0.29) is 22.2 Å². The first-order valence-electron chi connectivity index (χ1n) is 9.27. The Bertz CT molecular complexity index is 1300. The van der Waals surface area contributed by atoms with Crippen molar-refractivity contribution in [3.8, 4) is 11.3 Å². The molecule has 0 unspecified atom stereocenters. The molecule has 32 heavy (non-hydrogen) atoms. The number of rotatable bonds is 5. The van der Waals surface area contributed by atoms with Crippen LogP contribution in [0.4, 0.5) is 14.9 Å². The van der Waals surface area contributed by atoms with Gasteiger partial charge in [0.1, 0.15) is 17.3 Å². The average molecular weight is 473 g/mol. The maximum absolute atomic E-state index is 13.2. The van der Waals surface area contributed by atoms with E-state index in [9.17, 15) is 24.1 Å². The Labute approximate surface area is 190 Å². The summed E-state index contributed by atoms with van der Waals surface area (Å²) < 4.78 is 19.0. The Morgan fingerprint density at radius 3 is 2.66 bits per heavy atom. The highest BCUT2D eigenvalue weighted by molar-refractivity contribution is 8.18. The smallest absolute Gasteiger partial charge is 0.293 e. The van der Waals surface area contributed by atoms with E-state index in [1.165, 1.54) is 30.3 Å². The monoisotopic (exact) mass is 472 g/mol. The van der Waals surface area contributed by atoms with Gasteiger partial charge in [0.15, 0.2) is 0 Å². The Balaban J connectivity index is 1.55. The van der Waals surface area contributed by atoms with Crippen molar-refractivity contribution in [1.29, 1.82) is 0 Å². The molecule has 3 aromatic rings. The van der Waals surface area contributed by atoms with Crippen LogP contribution >= 0.6 is 23.4 Å². The summed E-state index contributed by atoms with van der Waals surface area (Å²) in [6, 6.07) is 11.5. The highest BCUT2D eigenvalue weighted by Crippen LogP contribution is 2.35. The minimum Gasteiger partial charge on any atom is -0.457 e. The number of halogens is 2. The maximum atomic E-state index is 13.2. The molecule has 0 aliphatic carbocycles. The third kappa shape index (κ3) is 4.30. The van der Waals surface area contributed by atoms with E-state index >= 15 is 0 Å². The van der Waals surface area contributed by atoms with Crippen molar-refractivity contribution >= 4 is 46.3 Å². The molecule has 0 atom stereocenters. The molecule has 162 valence electrons. The van der Waals surface area contributed by atoms with Crippen LogP contribution in [0, 0.1) is 22.9 Å². The van der Waals surface area contributed by atoms with Gasteiger partial charge in [0.2, 0.25) is 0 Å². The Kier molecular flexibility index (Phi) is 5.86. The average Bonchev–Trinajstić information content (AvgIpc) is 3.29. The van der Waals surface area contributed by atoms with Crippen LogP contribution in [0.1, 0.15) is 16.9 Å². The largest absolute Gasteiger partial charge is 0.457 e. The Hall–Kier alpha value is -3.43. The van der Waals surface area contributed by atoms with Gasteiger partial charge in [-0.2, -0.15) is 0 Å². The summed E-state index contributed by atoms with van der Waals surface area (Å²) in [6.07, 6.45) is 1.46. The number of amides is 2. The van der Waals surface area contributed by atoms with Crippen LogP contribution in [0.25, 0.3) is 17.4 Å². The van der Waals surface area contributed by atoms with Crippen LogP contribution in [0.5, 0.6) is 0 Å². The van der Waals surface area contributed by atoms with Gasteiger partial charge in [0, 0.05) is 28.8 Å². The van der Waals surface area contributed by atoms with Crippen molar-refractivity contribution in [3.05, 3.63) is 91.3 Å². The van der Waals surface area contributed by atoms with E-state index in [0.717, 1.165) is 22.7 Å². The van der Waals surface area contributed by atoms with Crippen LogP contribution in [-0.2, 0) is 11.3 Å². The minimum absolute atomic E-state index is 0.0204. The zero-order chi connectivity index (χ0) is 23.0. The fraction of sp³-hybridized carbons (Fsp3) is 0.0909. The number of furan rings is 1. The number of non-ortho nitro benzene ring substituents is 1. The summed E-state index contributed by atoms with van der Waals surface area (Å²) in [5.74, 6) is -0.196. The molecule has 0 bridgehead atoms. The summed E-state index contributed by atoms with van der Waals surface area (Å²) in [7, 11) is 0. The van der Waals surface area contributed by atoms with Gasteiger partial charge in [0.05, 0.1) is 16.4 Å². The molecule has 1 fully saturated rings. The van der Waals surface area contributed by atoms with Gasteiger partial charge in [-0.15, -0.1) is 0 Å². The number of nitro groups is 1. The second-order valence-corrected chi connectivity index (χ2v) is 8.36. The van der Waals surface area contributed by atoms with Crippen molar-refractivity contribution in [1.82, 2.24) is 4.90 Å². The van der Waals surface area contributed by atoms with Crippen molar-refractivity contribution < 1.29 is 23.3 Å². The van der Waals surface area contributed by atoms with Crippen molar-refractivity contribution in [3.63, 3.8) is 0 Å². The molecule has 4 rings (SSSR count). The topological polar surface area (TPSA) is 93.7 Å². The summed E-state index contributed by atoms with van der Waals surface area (Å²) in [5, 5.41) is 10.6. The first-order valence-corrected chi connectivity index (χ1v) is 10.5. The molecule has 1 aliphatic heterocycles. The van der Waals surface area contributed by atoms with Gasteiger partial charge >= 0.3 is 0 Å². The van der Waals surface area contributed by atoms with Crippen molar-refractivity contribution in [2.24, 2.45) is 0 Å². The number of nitro benzene ring substituents is 1. The zero-order valence-electron chi connectivity index (χ0n) is 16.5. The summed E-state index contributed by atoms with van der Waals surface area (Å²) in [6.45, 7) is 1.66. The number of imide groups is 1. The van der Waals surface area contributed by atoms with Crippen molar-refractivity contribution in [2.75, 3.05) is 0 Å². The molecule has 2 heterocycles. The van der Waals surface area contributed by atoms with Gasteiger partial charge in [-0.1, -0.05) is 17.7 Å². The van der Waals surface area contributed by atoms with Gasteiger partial charge in [-0.3, -0.25) is 24.6 Å². The lowest BCUT2D eigenvalue weighted by atomic mass is 10.1. The van der Waals surface area contributed by atoms with Gasteiger partial charge in [0.25, 0.3) is 16.8 Å². The molecule has 0 spiro atoms. The quantitative estimate of drug-likeness (QED) is 0.249. The van der Waals surface area contributed by atoms with Gasteiger partial charge in [-0.25, -0.2) is 4.39 Å². The lowest BCUT2D eigenvalue weighted by Crippen LogP contribution is -2.27. The molecule has 10 heteroatoms. The molecular weight excluding hydrogens is 459 g/mol. The maximum Gasteiger partial charge on any atom is 0.293 e. The van der Waals surface area contributed by atoms with E-state index in [0.29, 0.717) is 28.2 Å². The first kappa shape index (κ1) is 21.8. The fourth-order valence-corrected chi connectivity index (χ4v) is 4.24. The van der Waals surface area contributed by atoms with E-state index in [1.807, 2.05) is 0 Å². The number of carbonyl (C=O) groups excluding carboxylic acids is 2. The third-order valence-electron chi connectivity index (χ3n) is 4.80. The predicted octanol–water partition coefficient (Wildman–Crippen LogP) is 6.19. The van der Waals surface area contributed by atoms with Crippen LogP contribution in [0.15, 0.2) is 57.9 Å². The molecule has 0 N–H and O–H groups in total. The SMILES string of the molecule is Cc1cc([N+](=O)[O-])ccc1-c1ccc(/C=C2\SC(=O)N(Cc3ccc(F)cc3Cl)C2=O)o1. The van der Waals surface area contributed by atoms with E-state index < -0.39 is 21.9 Å². The van der Waals surface area contributed by atoms with E-state index in [2.05, 4.69) is 0 Å². The number of carbonyl (C=O) groups is 2. The zero-order valence-corrected chi connectivity index (χ0v) is 18.1. The summed E-state index contributed by atoms with van der Waals surface area (Å²) in [4.78, 5) is 36.7. The highest BCUT2D eigenvalue weighted by atomic mass is 35.5. The number of nitrogens with zero attached hydrogens (tertiary/aromatic N) is 2. The summed E-state index contributed by atoms with van der Waals surface area (Å²) >= 11 is 6.77. The second-order valence-electron chi connectivity index (χ2n) is 6.96. The van der Waals surface area contributed by atoms with Gasteiger partial charge < -0.3 is 4.42 Å². The number of thioether (sulfide) groups is 1. The minimum atomic E-state index is -0.510. The third-order valence-corrected chi connectivity index (χ3v) is 6.06. The van der Waals surface area contributed by atoms with Crippen LogP contribution in [0.2, 0.25) is 5.02 Å². The molecule has 2 amide bonds. The lowest BCUT2D eigenvalue weighted by molar-refractivity contribution is -0.384. The predicted molar refractivity (Wildman–Crippen MR) is 118 cm³/mol. The fourth-order valence-electron chi connectivity index (χ4n) is 3.20. The molecule has 1 aromatic heterocycles. The molecule has 7 nitrogen and oxygen atoms in total. The Morgan fingerprint density at radius 1 is 1.19 bits per heavy atom. The molecule has 0 saturated carbocycles. The van der Waals surface area contributed by atoms with Crippen LogP contribution in [-0.4, -0.2) is 21.0 Å². The van der Waals surface area contributed by atoms with Gasteiger partial charge in [-0.05, 0) is 60.1 Å². The first-order chi connectivity index (χ1) is 15.2. The standard InChI is InChI=1S/C22H14ClFN2O5S/c1-12-8-15(26(29)30)4-6-17(12)19-7-5-16(31-19)10-20-21(27)25(22(28)32-20)11-13-2-3-14(24)9-18(13)23/h2-10H,11H2,1H3/b20-10-. The molecule has 0 radical (unpaired) electrons. The lowest BCUT2D eigenvalue weighted by Gasteiger charge is -2.13. The molecule has 2 aromatic carbocycles. The number of hydrogen-bond acceptors (Lipinski definition) is 6. The summed E-state index contributed by atoms with van der Waals surface area (Å²) in [5.41, 5.74) is 1.77. The van der Waals surface area contributed by atoms with Crippen LogP contribution < -0.4 is 0 Å². The highest BCUT2D eigenvalue weighted by Gasteiger charge is 2.35. The number of aryl methyl sites for hydroxylation is 1. The molecule has 1 saturated heterocycles. The second kappa shape index (κ2) is 8.60. The Morgan fingerprint density at radius 2 is 1.97 bits per heavy atom. The number of benzene rings is 2. The normalized spacial score (nSPS) is 15.1.